The monoisotopic (exact) mass is 483 g/mol. The van der Waals surface area contributed by atoms with Crippen LogP contribution in [0.1, 0.15) is 58.8 Å². The van der Waals surface area contributed by atoms with E-state index in [0.29, 0.717) is 6.42 Å². The number of carbonyl (C=O) groups excluding carboxylic acids is 3. The quantitative estimate of drug-likeness (QED) is 0.383. The Kier molecular flexibility index (Phi) is 7.71. The molecule has 8 nitrogen and oxygen atoms in total. The minimum atomic E-state index is -1.73. The molecule has 0 saturated heterocycles. The number of esters is 1. The van der Waals surface area contributed by atoms with Gasteiger partial charge < -0.3 is 20.1 Å². The molecule has 0 aliphatic heterocycles. The molecule has 0 unspecified atom stereocenters. The number of allylic oxidation sites excluding steroid dienone is 4. The van der Waals surface area contributed by atoms with Crippen LogP contribution in [0.4, 0.5) is 0 Å². The summed E-state index contributed by atoms with van der Waals surface area (Å²) in [4.78, 5) is 47.4. The van der Waals surface area contributed by atoms with Gasteiger partial charge in [0.05, 0.1) is 18.9 Å². The summed E-state index contributed by atoms with van der Waals surface area (Å²) in [7, 11) is 0. The summed E-state index contributed by atoms with van der Waals surface area (Å²) >= 11 is 0. The number of rotatable bonds is 6. The van der Waals surface area contributed by atoms with E-state index in [1.807, 2.05) is 13.0 Å². The van der Waals surface area contributed by atoms with Crippen molar-refractivity contribution in [3.05, 3.63) is 23.8 Å². The van der Waals surface area contributed by atoms with E-state index in [9.17, 15) is 29.4 Å². The number of Topliss-reactive ketones (excluding diaryl/α,β-unsaturated/α-hetero) is 1. The molecule has 0 aromatic rings. The molecule has 9 heteroatoms. The molecule has 7 atom stereocenters. The Morgan fingerprint density at radius 2 is 1.88 bits per heavy atom. The molecule has 0 amide bonds. The van der Waals surface area contributed by atoms with E-state index in [1.165, 1.54) is 0 Å². The summed E-state index contributed by atoms with van der Waals surface area (Å²) in [6.07, 6.45) is 6.27. The fourth-order valence-electron chi connectivity index (χ4n) is 7.34. The van der Waals surface area contributed by atoms with Gasteiger partial charge in [-0.1, -0.05) is 25.5 Å². The van der Waals surface area contributed by atoms with Crippen LogP contribution in [0.3, 0.4) is 0 Å². The second-order valence-corrected chi connectivity index (χ2v) is 10.6. The molecular formula is C25H32NaO8. The first-order valence-corrected chi connectivity index (χ1v) is 11.7. The normalized spacial score (nSPS) is 40.2. The molecule has 3 N–H and O–H groups in total. The zero-order valence-electron chi connectivity index (χ0n) is 20.1. The minimum Gasteiger partial charge on any atom is -0.481 e. The fourth-order valence-corrected chi connectivity index (χ4v) is 7.34. The number of hydrogen-bond donors (Lipinski definition) is 3. The van der Waals surface area contributed by atoms with E-state index >= 15 is 0 Å². The van der Waals surface area contributed by atoms with Crippen molar-refractivity contribution in [1.82, 2.24) is 0 Å². The van der Waals surface area contributed by atoms with Crippen molar-refractivity contribution in [3.63, 3.8) is 0 Å². The smallest absolute Gasteiger partial charge is 0.306 e. The average Bonchev–Trinajstić information content (AvgIpc) is 3.02. The average molecular weight is 484 g/mol. The van der Waals surface area contributed by atoms with E-state index in [2.05, 4.69) is 6.92 Å². The van der Waals surface area contributed by atoms with Crippen LogP contribution in [0.2, 0.25) is 0 Å². The molecule has 4 rings (SSSR count). The van der Waals surface area contributed by atoms with Gasteiger partial charge in [0.1, 0.15) is 5.60 Å². The third-order valence-corrected chi connectivity index (χ3v) is 9.02. The van der Waals surface area contributed by atoms with Gasteiger partial charge in [0.25, 0.3) is 0 Å². The Bertz CT molecular complexity index is 957. The Morgan fingerprint density at radius 1 is 1.18 bits per heavy atom. The van der Waals surface area contributed by atoms with Crippen molar-refractivity contribution in [3.8, 4) is 0 Å². The molecule has 181 valence electrons. The summed E-state index contributed by atoms with van der Waals surface area (Å²) < 4.78 is 4.96. The zero-order valence-corrected chi connectivity index (χ0v) is 22.1. The maximum absolute atomic E-state index is 13.1. The van der Waals surface area contributed by atoms with E-state index in [1.54, 1.807) is 12.2 Å². The number of aliphatic carboxylic acids is 1. The van der Waals surface area contributed by atoms with Crippen molar-refractivity contribution < 1.29 is 39.2 Å². The van der Waals surface area contributed by atoms with Crippen LogP contribution in [0.15, 0.2) is 23.8 Å². The summed E-state index contributed by atoms with van der Waals surface area (Å²) in [5, 5.41) is 31.6. The SMILES string of the molecule is C[C@]12C=CC(=O)C=C1CC[C@@H]1[C@@H]2[C@@H](O)C[C@@]2(C)[C@H]1CC[C@]2(O)C(=O)COC(=O)CCC(=O)O.[Na]. The molecule has 1 radical (unpaired) electrons. The van der Waals surface area contributed by atoms with Crippen molar-refractivity contribution in [2.24, 2.45) is 28.6 Å². The molecule has 0 heterocycles. The van der Waals surface area contributed by atoms with Gasteiger partial charge in [0, 0.05) is 46.3 Å². The molecule has 0 bridgehead atoms. The molecule has 34 heavy (non-hydrogen) atoms. The number of carboxylic acids is 1. The van der Waals surface area contributed by atoms with Crippen LogP contribution in [0.25, 0.3) is 0 Å². The second kappa shape index (κ2) is 9.62. The Morgan fingerprint density at radius 3 is 2.56 bits per heavy atom. The predicted molar refractivity (Wildman–Crippen MR) is 122 cm³/mol. The van der Waals surface area contributed by atoms with Gasteiger partial charge in [-0.15, -0.1) is 0 Å². The number of hydrogen-bond acceptors (Lipinski definition) is 7. The number of carboxylic acid groups (broad SMARTS) is 1. The van der Waals surface area contributed by atoms with Crippen LogP contribution in [-0.2, 0) is 23.9 Å². The van der Waals surface area contributed by atoms with Gasteiger partial charge in [-0.25, -0.2) is 0 Å². The number of aliphatic hydroxyl groups excluding tert-OH is 1. The maximum atomic E-state index is 13.1. The Labute approximate surface area is 221 Å². The molecule has 0 aromatic carbocycles. The van der Waals surface area contributed by atoms with Crippen molar-refractivity contribution in [2.45, 2.75) is 70.5 Å². The third kappa shape index (κ3) is 4.26. The van der Waals surface area contributed by atoms with E-state index < -0.39 is 46.9 Å². The standard InChI is InChI=1S/C25H32O8.Na/c1-23-9-7-15(26)11-14(23)3-4-16-17-8-10-25(32,24(17,2)12-18(27)22(16)23)19(28)13-33-21(31)6-5-20(29)30;/h7,9,11,16-18,22,27,32H,3-6,8,10,12-13H2,1-2H3,(H,29,30);/t16-,17-,18-,22+,23-,24-,25-;/m0./s1. The largest absolute Gasteiger partial charge is 0.481 e. The molecule has 0 spiro atoms. The van der Waals surface area contributed by atoms with Crippen LogP contribution in [-0.4, -0.2) is 86.7 Å². The minimum absolute atomic E-state index is 0. The summed E-state index contributed by atoms with van der Waals surface area (Å²) in [5.74, 6) is -2.58. The van der Waals surface area contributed by atoms with Crippen LogP contribution in [0, 0.1) is 28.6 Å². The van der Waals surface area contributed by atoms with E-state index in [4.69, 9.17) is 9.84 Å². The zero-order chi connectivity index (χ0) is 24.2. The summed E-state index contributed by atoms with van der Waals surface area (Å²) in [6, 6.07) is 0. The molecule has 0 aromatic heterocycles. The molecule has 4 aliphatic rings. The predicted octanol–water partition coefficient (Wildman–Crippen LogP) is 1.59. The fraction of sp³-hybridized carbons (Fsp3) is 0.680. The third-order valence-electron chi connectivity index (χ3n) is 9.02. The van der Waals surface area contributed by atoms with Gasteiger partial charge in [0.15, 0.2) is 12.4 Å². The van der Waals surface area contributed by atoms with Gasteiger partial charge in [0.2, 0.25) is 5.78 Å². The number of carbonyl (C=O) groups is 4. The van der Waals surface area contributed by atoms with Crippen molar-refractivity contribution >= 4 is 53.1 Å². The second-order valence-electron chi connectivity index (χ2n) is 10.6. The molecule has 3 saturated carbocycles. The van der Waals surface area contributed by atoms with Gasteiger partial charge >= 0.3 is 11.9 Å². The maximum Gasteiger partial charge on any atom is 0.306 e. The van der Waals surface area contributed by atoms with E-state index in [-0.39, 0.29) is 78.8 Å². The van der Waals surface area contributed by atoms with Crippen LogP contribution >= 0.6 is 0 Å². The summed E-state index contributed by atoms with van der Waals surface area (Å²) in [5.41, 5.74) is -1.99. The number of ketones is 2. The van der Waals surface area contributed by atoms with Crippen LogP contribution in [0.5, 0.6) is 0 Å². The number of fused-ring (bicyclic) bond motifs is 5. The first kappa shape index (κ1) is 27.3. The van der Waals surface area contributed by atoms with E-state index in [0.717, 1.165) is 18.4 Å². The summed E-state index contributed by atoms with van der Waals surface area (Å²) in [6.45, 7) is 3.30. The number of aliphatic hydroxyl groups is 2. The molecule has 4 aliphatic carbocycles. The first-order chi connectivity index (χ1) is 15.4. The van der Waals surface area contributed by atoms with Crippen molar-refractivity contribution in [1.29, 1.82) is 0 Å². The van der Waals surface area contributed by atoms with Gasteiger partial charge in [-0.3, -0.25) is 19.2 Å². The van der Waals surface area contributed by atoms with Crippen molar-refractivity contribution in [2.75, 3.05) is 6.61 Å². The van der Waals surface area contributed by atoms with Gasteiger partial charge in [-0.05, 0) is 56.1 Å². The molecule has 3 fully saturated rings. The Balaban J connectivity index is 0.00000324. The topological polar surface area (TPSA) is 138 Å². The van der Waals surface area contributed by atoms with Crippen LogP contribution < -0.4 is 0 Å². The van der Waals surface area contributed by atoms with Gasteiger partial charge in [-0.2, -0.15) is 0 Å². The Hall–Kier alpha value is -1.32. The number of ether oxygens (including phenoxy) is 1. The first-order valence-electron chi connectivity index (χ1n) is 11.7. The molecular weight excluding hydrogens is 451 g/mol.